The molecule has 1 spiro atoms. The minimum absolute atomic E-state index is 0.0147. The molecular weight excluding hydrogens is 506 g/mol. The topological polar surface area (TPSA) is 150 Å². The molecule has 2 amide bonds. The Morgan fingerprint density at radius 2 is 2.13 bits per heavy atom. The van der Waals surface area contributed by atoms with Crippen molar-refractivity contribution >= 4 is 31.5 Å². The highest BCUT2D eigenvalue weighted by Crippen LogP contribution is 2.59. The molecule has 206 valence electrons. The Bertz CT molecular complexity index is 1210. The molecule has 12 heteroatoms. The average molecular weight is 544 g/mol. The Balaban J connectivity index is 1.73. The smallest absolute Gasteiger partial charge is 0.264 e. The molecule has 2 aliphatic rings. The quantitative estimate of drug-likeness (QED) is 0.260. The van der Waals surface area contributed by atoms with Crippen LogP contribution in [0.1, 0.15) is 31.5 Å². The number of nitrogens with one attached hydrogen (secondary N) is 1. The molecule has 2 aromatic rings. The van der Waals surface area contributed by atoms with Crippen molar-refractivity contribution in [3.8, 4) is 0 Å². The SMILES string of the molecule is C=CCN1C(=O)[C@@]2(O[C@@H](CCn3cc(CCO)nn3)[C@H]([Si](C)(C)O)[C@H]2C)c2cc(NC(=O)[C@H](C)O)ccc21. The minimum Gasteiger partial charge on any atom is -0.432 e. The summed E-state index contributed by atoms with van der Waals surface area (Å²) >= 11 is 0. The van der Waals surface area contributed by atoms with Crippen molar-refractivity contribution in [1.29, 1.82) is 0 Å². The standard InChI is InChI=1S/C26H37N5O6Si/c1-6-11-31-21-8-7-18(27-24(34)17(3)33)14-20(21)26(25(31)35)16(2)23(38(4,5)36)22(37-26)9-12-30-15-19(10-13-32)28-29-30/h6-8,14-17,22-23,32-33,36H,1,9-13H2,2-5H3,(H,27,34)/t16-,17+,22+,23-,26+/m1/s1. The van der Waals surface area contributed by atoms with Crippen LogP contribution >= 0.6 is 0 Å². The van der Waals surface area contributed by atoms with Crippen LogP contribution in [0.2, 0.25) is 18.6 Å². The fourth-order valence-electron chi connectivity index (χ4n) is 5.92. The summed E-state index contributed by atoms with van der Waals surface area (Å²) in [4.78, 5) is 39.3. The second-order valence-electron chi connectivity index (χ2n) is 10.7. The summed E-state index contributed by atoms with van der Waals surface area (Å²) in [5, 5.41) is 29.7. The van der Waals surface area contributed by atoms with Gasteiger partial charge in [-0.1, -0.05) is 18.2 Å². The van der Waals surface area contributed by atoms with Crippen molar-refractivity contribution < 1.29 is 29.3 Å². The Morgan fingerprint density at radius 1 is 1.39 bits per heavy atom. The number of carbonyl (C=O) groups excluding carboxylic acids is 2. The Labute approximate surface area is 223 Å². The molecule has 11 nitrogen and oxygen atoms in total. The maximum atomic E-state index is 14.1. The van der Waals surface area contributed by atoms with Gasteiger partial charge in [-0.05, 0) is 44.6 Å². The second kappa shape index (κ2) is 10.7. The van der Waals surface area contributed by atoms with Gasteiger partial charge in [0, 0.05) is 55.0 Å². The van der Waals surface area contributed by atoms with Crippen LogP contribution in [-0.4, -0.2) is 75.5 Å². The number of ether oxygens (including phenoxy) is 1. The van der Waals surface area contributed by atoms with Crippen molar-refractivity contribution in [3.05, 3.63) is 48.3 Å². The summed E-state index contributed by atoms with van der Waals surface area (Å²) in [6.07, 6.45) is 2.72. The summed E-state index contributed by atoms with van der Waals surface area (Å²) in [6, 6.07) is 5.19. The third kappa shape index (κ3) is 4.94. The molecule has 38 heavy (non-hydrogen) atoms. The van der Waals surface area contributed by atoms with Crippen LogP contribution in [0.3, 0.4) is 0 Å². The number of fused-ring (bicyclic) bond motifs is 2. The molecule has 4 N–H and O–H groups in total. The third-order valence-corrected chi connectivity index (χ3v) is 10.0. The third-order valence-electron chi connectivity index (χ3n) is 7.54. The summed E-state index contributed by atoms with van der Waals surface area (Å²) < 4.78 is 8.43. The fourth-order valence-corrected chi connectivity index (χ4v) is 8.52. The molecule has 0 radical (unpaired) electrons. The zero-order valence-corrected chi connectivity index (χ0v) is 23.3. The number of benzene rings is 1. The molecular formula is C26H37N5O6Si. The van der Waals surface area contributed by atoms with E-state index in [1.165, 1.54) is 6.92 Å². The number of hydrogen-bond donors (Lipinski definition) is 4. The van der Waals surface area contributed by atoms with Crippen molar-refractivity contribution in [2.45, 2.75) is 69.7 Å². The summed E-state index contributed by atoms with van der Waals surface area (Å²) in [7, 11) is -2.83. The Hall–Kier alpha value is -2.90. The average Bonchev–Trinajstić information content (AvgIpc) is 3.48. The Morgan fingerprint density at radius 3 is 2.76 bits per heavy atom. The van der Waals surface area contributed by atoms with Crippen molar-refractivity contribution in [3.63, 3.8) is 0 Å². The predicted octanol–water partition coefficient (Wildman–Crippen LogP) is 1.55. The first kappa shape index (κ1) is 28.1. The largest absolute Gasteiger partial charge is 0.432 e. The van der Waals surface area contributed by atoms with Gasteiger partial charge in [-0.3, -0.25) is 14.3 Å². The van der Waals surface area contributed by atoms with Crippen LogP contribution in [0.15, 0.2) is 37.1 Å². The molecule has 0 aliphatic carbocycles. The van der Waals surface area contributed by atoms with Crippen molar-refractivity contribution in [1.82, 2.24) is 15.0 Å². The van der Waals surface area contributed by atoms with Gasteiger partial charge in [-0.15, -0.1) is 11.7 Å². The number of rotatable bonds is 10. The van der Waals surface area contributed by atoms with Gasteiger partial charge in [0.15, 0.2) is 13.9 Å². The molecule has 1 aromatic carbocycles. The van der Waals surface area contributed by atoms with E-state index in [0.717, 1.165) is 0 Å². The van der Waals surface area contributed by atoms with E-state index in [9.17, 15) is 19.5 Å². The molecule has 1 aromatic heterocycles. The molecule has 0 bridgehead atoms. The van der Waals surface area contributed by atoms with Gasteiger partial charge in [0.25, 0.3) is 11.8 Å². The number of aliphatic hydroxyl groups excluding tert-OH is 2. The normalized spacial score (nSPS) is 25.6. The zero-order valence-electron chi connectivity index (χ0n) is 22.3. The molecule has 4 rings (SSSR count). The van der Waals surface area contributed by atoms with Gasteiger partial charge in [0.2, 0.25) is 0 Å². The van der Waals surface area contributed by atoms with Crippen LogP contribution in [0, 0.1) is 5.92 Å². The van der Waals surface area contributed by atoms with Crippen LogP contribution in [-0.2, 0) is 32.9 Å². The van der Waals surface area contributed by atoms with Crippen molar-refractivity contribution in [2.75, 3.05) is 23.4 Å². The van der Waals surface area contributed by atoms with Crippen LogP contribution in [0.25, 0.3) is 0 Å². The van der Waals surface area contributed by atoms with Crippen LogP contribution in [0.5, 0.6) is 0 Å². The number of nitrogens with zero attached hydrogens (tertiary/aromatic N) is 4. The lowest BCUT2D eigenvalue weighted by Crippen LogP contribution is -2.46. The highest BCUT2D eigenvalue weighted by atomic mass is 28.4. The van der Waals surface area contributed by atoms with E-state index in [4.69, 9.17) is 9.84 Å². The number of anilines is 2. The summed E-state index contributed by atoms with van der Waals surface area (Å²) in [5.41, 5.74) is 0.800. The molecule has 3 heterocycles. The highest BCUT2D eigenvalue weighted by molar-refractivity contribution is 6.71. The molecule has 1 saturated heterocycles. The first-order chi connectivity index (χ1) is 17.9. The van der Waals surface area contributed by atoms with Crippen LogP contribution < -0.4 is 10.2 Å². The lowest BCUT2D eigenvalue weighted by atomic mass is 9.82. The summed E-state index contributed by atoms with van der Waals surface area (Å²) in [6.45, 7) is 11.6. The number of amides is 2. The molecule has 2 aliphatic heterocycles. The number of aliphatic hydroxyl groups is 2. The van der Waals surface area contributed by atoms with E-state index in [0.29, 0.717) is 42.0 Å². The summed E-state index contributed by atoms with van der Waals surface area (Å²) in [5.74, 6) is -1.14. The highest BCUT2D eigenvalue weighted by Gasteiger charge is 2.66. The second-order valence-corrected chi connectivity index (χ2v) is 14.7. The first-order valence-corrected chi connectivity index (χ1v) is 15.9. The number of aromatic nitrogens is 3. The Kier molecular flexibility index (Phi) is 7.91. The lowest BCUT2D eigenvalue weighted by molar-refractivity contribution is -0.145. The van der Waals surface area contributed by atoms with E-state index >= 15 is 0 Å². The molecule has 0 saturated carbocycles. The van der Waals surface area contributed by atoms with E-state index in [1.807, 2.05) is 20.0 Å². The zero-order chi connectivity index (χ0) is 27.8. The molecule has 0 unspecified atom stereocenters. The van der Waals surface area contributed by atoms with E-state index in [1.54, 1.807) is 40.1 Å². The van der Waals surface area contributed by atoms with E-state index < -0.39 is 32.0 Å². The predicted molar refractivity (Wildman–Crippen MR) is 144 cm³/mol. The number of hydrogen-bond acceptors (Lipinski definition) is 8. The molecule has 5 atom stereocenters. The van der Waals surface area contributed by atoms with Gasteiger partial charge in [-0.2, -0.15) is 0 Å². The van der Waals surface area contributed by atoms with Crippen molar-refractivity contribution in [2.24, 2.45) is 5.92 Å². The van der Waals surface area contributed by atoms with E-state index in [2.05, 4.69) is 22.2 Å². The first-order valence-electron chi connectivity index (χ1n) is 12.9. The van der Waals surface area contributed by atoms with Gasteiger partial charge >= 0.3 is 0 Å². The fraction of sp³-hybridized carbons (Fsp3) is 0.538. The number of aryl methyl sites for hydroxylation is 1. The van der Waals surface area contributed by atoms with E-state index in [-0.39, 0.29) is 30.5 Å². The van der Waals surface area contributed by atoms with Gasteiger partial charge in [-0.25, -0.2) is 0 Å². The lowest BCUT2D eigenvalue weighted by Gasteiger charge is -2.32. The van der Waals surface area contributed by atoms with Gasteiger partial charge in [0.1, 0.15) is 6.10 Å². The minimum atomic E-state index is -2.83. The van der Waals surface area contributed by atoms with Gasteiger partial charge in [0.05, 0.1) is 17.5 Å². The number of carbonyl (C=O) groups is 2. The molecule has 1 fully saturated rings. The maximum Gasteiger partial charge on any atom is 0.264 e. The maximum absolute atomic E-state index is 14.1. The van der Waals surface area contributed by atoms with Gasteiger partial charge < -0.3 is 30.0 Å². The van der Waals surface area contributed by atoms with Crippen LogP contribution in [0.4, 0.5) is 11.4 Å². The monoisotopic (exact) mass is 543 g/mol.